The van der Waals surface area contributed by atoms with Crippen LogP contribution in [0.3, 0.4) is 0 Å². The molecule has 5 aliphatic heterocycles. The SMILES string of the molecule is COc1ccc(OC2OC(CO)C(O)C(OC3OCC(O)(CO)C3O)C2O)c(OC2OC(CO)C(O)C(O)C2OC2OCC(O)C(O)C2O)c1C(=O)OCc1ccccc1OC1OC(CO)C(O)C(O)C1O. The molecule has 29 heteroatoms. The molecule has 5 saturated heterocycles. The highest BCUT2D eigenvalue weighted by Gasteiger charge is 2.55. The van der Waals surface area contributed by atoms with E-state index in [-0.39, 0.29) is 17.1 Å². The predicted octanol–water partition coefficient (Wildman–Crippen LogP) is -8.48. The Balaban J connectivity index is 1.25. The van der Waals surface area contributed by atoms with Crippen LogP contribution in [0.25, 0.3) is 0 Å². The van der Waals surface area contributed by atoms with E-state index >= 15 is 0 Å². The average molecular weight is 1040 g/mol. The predicted molar refractivity (Wildman–Crippen MR) is 225 cm³/mol. The van der Waals surface area contributed by atoms with E-state index in [9.17, 15) is 86.5 Å². The molecule has 0 bridgehead atoms. The van der Waals surface area contributed by atoms with Gasteiger partial charge in [0.1, 0.15) is 121 Å². The van der Waals surface area contributed by atoms with Gasteiger partial charge >= 0.3 is 5.97 Å². The Morgan fingerprint density at radius 3 is 1.79 bits per heavy atom. The van der Waals surface area contributed by atoms with E-state index in [0.29, 0.717) is 0 Å². The Bertz CT molecular complexity index is 2080. The van der Waals surface area contributed by atoms with Gasteiger partial charge in [0.15, 0.2) is 30.2 Å². The number of carbonyl (C=O) groups excluding carboxylic acids is 1. The second-order valence-electron chi connectivity index (χ2n) is 17.5. The highest BCUT2D eigenvalue weighted by molar-refractivity contribution is 5.96. The third-order valence-electron chi connectivity index (χ3n) is 12.7. The van der Waals surface area contributed by atoms with Crippen LogP contribution in [0.5, 0.6) is 23.0 Å². The summed E-state index contributed by atoms with van der Waals surface area (Å²) in [4.78, 5) is 14.5. The van der Waals surface area contributed by atoms with Crippen molar-refractivity contribution in [3.8, 4) is 23.0 Å². The van der Waals surface area contributed by atoms with Crippen LogP contribution in [0.4, 0.5) is 0 Å². The number of esters is 1. The van der Waals surface area contributed by atoms with Crippen molar-refractivity contribution in [1.29, 1.82) is 0 Å². The average Bonchev–Trinajstić information content (AvgIpc) is 3.67. The van der Waals surface area contributed by atoms with Gasteiger partial charge in [0.05, 0.1) is 46.8 Å². The van der Waals surface area contributed by atoms with Crippen molar-refractivity contribution in [2.24, 2.45) is 0 Å². The molecule has 0 amide bonds. The largest absolute Gasteiger partial charge is 0.496 e. The van der Waals surface area contributed by atoms with Gasteiger partial charge in [0, 0.05) is 5.56 Å². The molecule has 0 saturated carbocycles. The molecule has 7 rings (SSSR count). The van der Waals surface area contributed by atoms with Gasteiger partial charge in [-0.2, -0.15) is 0 Å². The fourth-order valence-corrected chi connectivity index (χ4v) is 8.33. The second-order valence-corrected chi connectivity index (χ2v) is 17.5. The van der Waals surface area contributed by atoms with Crippen LogP contribution in [0, 0.1) is 0 Å². The molecule has 5 heterocycles. The standard InChI is InChI=1S/C43H60O29/c1-61-18-6-7-19(66-40-32(57)34(27(52)22(10-46)68-40)71-42-36(58)43(60,13-47)14-64-42)33(70-41-35(29(54)26(51)21(9-45)69-41)72-38-30(55)24(49)16(48)12-63-38)23(18)37(59)62-11-15-4-2-3-5-17(15)65-39-31(56)28(53)25(50)20(8-44)67-39/h2-7,16,20-22,24-32,34-36,38-42,44-58,60H,8-14H2,1H3. The van der Waals surface area contributed by atoms with Crippen molar-refractivity contribution >= 4 is 5.97 Å². The first kappa shape index (κ1) is 55.9. The summed E-state index contributed by atoms with van der Waals surface area (Å²) >= 11 is 0. The molecule has 22 atom stereocenters. The second kappa shape index (κ2) is 23.8. The van der Waals surface area contributed by atoms with Crippen LogP contribution in [0.1, 0.15) is 15.9 Å². The lowest BCUT2D eigenvalue weighted by Gasteiger charge is -2.45. The highest BCUT2D eigenvalue weighted by atomic mass is 16.8. The maximum Gasteiger partial charge on any atom is 0.346 e. The molecule has 22 unspecified atom stereocenters. The number of methoxy groups -OCH3 is 1. The summed E-state index contributed by atoms with van der Waals surface area (Å²) in [6.07, 6.45) is -38.6. The van der Waals surface area contributed by atoms with Crippen LogP contribution >= 0.6 is 0 Å². The van der Waals surface area contributed by atoms with Crippen molar-refractivity contribution < 1.29 is 143 Å². The third kappa shape index (κ3) is 11.4. The Kier molecular flexibility index (Phi) is 18.5. The normalized spacial score (nSPS) is 41.4. The number of para-hydroxylation sites is 1. The zero-order valence-electron chi connectivity index (χ0n) is 38.0. The van der Waals surface area contributed by atoms with Gasteiger partial charge in [-0.05, 0) is 18.2 Å². The summed E-state index contributed by atoms with van der Waals surface area (Å²) in [6.45, 7) is -5.56. The molecule has 2 aromatic carbocycles. The molecule has 0 radical (unpaired) electrons. The molecular weight excluding hydrogens is 980 g/mol. The van der Waals surface area contributed by atoms with E-state index in [2.05, 4.69) is 0 Å². The summed E-state index contributed by atoms with van der Waals surface area (Å²) < 4.78 is 68.4. The fraction of sp³-hybridized carbons (Fsp3) is 0.698. The van der Waals surface area contributed by atoms with Crippen molar-refractivity contribution in [2.75, 3.05) is 46.8 Å². The summed E-state index contributed by atoms with van der Waals surface area (Å²) in [5, 5.41) is 168. The summed E-state index contributed by atoms with van der Waals surface area (Å²) in [5.41, 5.74) is -2.79. The number of hydrogen-bond donors (Lipinski definition) is 16. The van der Waals surface area contributed by atoms with E-state index in [0.717, 1.165) is 19.2 Å². The zero-order chi connectivity index (χ0) is 52.3. The summed E-state index contributed by atoms with van der Waals surface area (Å²) in [5.74, 6) is -3.12. The molecule has 2 aromatic rings. The summed E-state index contributed by atoms with van der Waals surface area (Å²) in [6, 6.07) is 8.01. The maximum atomic E-state index is 14.5. The monoisotopic (exact) mass is 1040 g/mol. The zero-order valence-corrected chi connectivity index (χ0v) is 38.0. The minimum absolute atomic E-state index is 0.0875. The number of carbonyl (C=O) groups is 1. The van der Waals surface area contributed by atoms with E-state index < -0.39 is 204 Å². The van der Waals surface area contributed by atoms with Gasteiger partial charge in [-0.25, -0.2) is 4.79 Å². The van der Waals surface area contributed by atoms with Crippen LogP contribution in [0.15, 0.2) is 36.4 Å². The number of hydrogen-bond acceptors (Lipinski definition) is 29. The lowest BCUT2D eigenvalue weighted by atomic mass is 9.97. The molecule has 0 spiro atoms. The fourth-order valence-electron chi connectivity index (χ4n) is 8.33. The van der Waals surface area contributed by atoms with Crippen molar-refractivity contribution in [1.82, 2.24) is 0 Å². The Morgan fingerprint density at radius 2 is 1.15 bits per heavy atom. The molecule has 406 valence electrons. The summed E-state index contributed by atoms with van der Waals surface area (Å²) in [7, 11) is 1.12. The highest BCUT2D eigenvalue weighted by Crippen LogP contribution is 2.43. The van der Waals surface area contributed by atoms with Crippen LogP contribution < -0.4 is 18.9 Å². The van der Waals surface area contributed by atoms with E-state index in [1.165, 1.54) is 24.3 Å². The van der Waals surface area contributed by atoms with Gasteiger partial charge in [-0.1, -0.05) is 18.2 Å². The van der Waals surface area contributed by atoms with Crippen LogP contribution in [0.2, 0.25) is 0 Å². The van der Waals surface area contributed by atoms with Crippen LogP contribution in [-0.4, -0.2) is 269 Å². The van der Waals surface area contributed by atoms with Gasteiger partial charge < -0.3 is 139 Å². The van der Waals surface area contributed by atoms with E-state index in [1.807, 2.05) is 0 Å². The van der Waals surface area contributed by atoms with E-state index in [1.54, 1.807) is 0 Å². The van der Waals surface area contributed by atoms with Gasteiger partial charge in [0.25, 0.3) is 0 Å². The van der Waals surface area contributed by atoms with Crippen molar-refractivity contribution in [3.05, 3.63) is 47.5 Å². The number of benzene rings is 2. The Labute approximate surface area is 407 Å². The quantitative estimate of drug-likeness (QED) is 0.0617. The first-order valence-corrected chi connectivity index (χ1v) is 22.4. The molecular formula is C43H60O29. The van der Waals surface area contributed by atoms with Gasteiger partial charge in [-0.15, -0.1) is 0 Å². The van der Waals surface area contributed by atoms with Crippen molar-refractivity contribution in [3.63, 3.8) is 0 Å². The number of ether oxygens (including phenoxy) is 12. The van der Waals surface area contributed by atoms with Crippen LogP contribution in [-0.2, 0) is 44.5 Å². The maximum absolute atomic E-state index is 14.5. The van der Waals surface area contributed by atoms with Crippen molar-refractivity contribution in [2.45, 2.75) is 141 Å². The van der Waals surface area contributed by atoms with Gasteiger partial charge in [-0.3, -0.25) is 0 Å². The minimum atomic E-state index is -2.21. The molecule has 29 nitrogen and oxygen atoms in total. The van der Waals surface area contributed by atoms with E-state index in [4.69, 9.17) is 56.8 Å². The Hall–Kier alpha value is -3.81. The lowest BCUT2D eigenvalue weighted by Crippen LogP contribution is -2.64. The molecule has 5 fully saturated rings. The topological polar surface area (TPSA) is 452 Å². The number of aliphatic hydroxyl groups excluding tert-OH is 15. The Morgan fingerprint density at radius 1 is 0.583 bits per heavy atom. The molecule has 16 N–H and O–H groups in total. The molecule has 5 aliphatic rings. The number of rotatable bonds is 18. The molecule has 0 aliphatic carbocycles. The molecule has 0 aromatic heterocycles. The number of aliphatic hydroxyl groups is 16. The lowest BCUT2D eigenvalue weighted by molar-refractivity contribution is -0.345. The van der Waals surface area contributed by atoms with Gasteiger partial charge in [0.2, 0.25) is 18.9 Å². The first-order chi connectivity index (χ1) is 34.3. The minimum Gasteiger partial charge on any atom is -0.496 e. The third-order valence-corrected chi connectivity index (χ3v) is 12.7. The smallest absolute Gasteiger partial charge is 0.346 e. The molecule has 72 heavy (non-hydrogen) atoms. The first-order valence-electron chi connectivity index (χ1n) is 22.4.